The first kappa shape index (κ1) is 32.1. The molecular formula is C31H37N3O7S. The predicted molar refractivity (Wildman–Crippen MR) is 163 cm³/mol. The Kier molecular flexibility index (Phi) is 11.9. The Balaban J connectivity index is 1.57. The Bertz CT molecular complexity index is 1420. The Labute approximate surface area is 250 Å². The van der Waals surface area contributed by atoms with Crippen LogP contribution in [-0.2, 0) is 9.53 Å². The lowest BCUT2D eigenvalue weighted by Gasteiger charge is -2.13. The SMILES string of the molecule is CCCOc1ccc(C=NNC(=O)C(C)Oc2ccc(C(=O)Nc3sc(C)c(C)c3C(=O)OCC)cc2)cc1OCC. The van der Waals surface area contributed by atoms with Gasteiger partial charge in [-0.25, -0.2) is 10.2 Å². The minimum atomic E-state index is -0.852. The molecule has 0 spiro atoms. The third kappa shape index (κ3) is 8.56. The van der Waals surface area contributed by atoms with Crippen molar-refractivity contribution in [3.8, 4) is 17.2 Å². The van der Waals surface area contributed by atoms with E-state index in [1.165, 1.54) is 17.6 Å². The first-order valence-corrected chi connectivity index (χ1v) is 14.6. The second-order valence-electron chi connectivity index (χ2n) is 9.17. The van der Waals surface area contributed by atoms with E-state index in [-0.39, 0.29) is 12.5 Å². The fraction of sp³-hybridized carbons (Fsp3) is 0.355. The lowest BCUT2D eigenvalue weighted by atomic mass is 10.1. The molecule has 3 aromatic rings. The predicted octanol–water partition coefficient (Wildman–Crippen LogP) is 5.90. The van der Waals surface area contributed by atoms with Crippen molar-refractivity contribution in [2.45, 2.75) is 54.1 Å². The van der Waals surface area contributed by atoms with Crippen molar-refractivity contribution in [3.63, 3.8) is 0 Å². The van der Waals surface area contributed by atoms with E-state index in [0.29, 0.717) is 46.6 Å². The number of esters is 1. The Hall–Kier alpha value is -4.38. The molecule has 1 unspecified atom stereocenters. The zero-order valence-electron chi connectivity index (χ0n) is 24.7. The number of anilines is 1. The summed E-state index contributed by atoms with van der Waals surface area (Å²) in [5.74, 6) is 0.359. The molecule has 0 aliphatic rings. The van der Waals surface area contributed by atoms with E-state index in [4.69, 9.17) is 18.9 Å². The van der Waals surface area contributed by atoms with E-state index < -0.39 is 18.0 Å². The number of hydrogen-bond acceptors (Lipinski definition) is 9. The minimum absolute atomic E-state index is 0.239. The summed E-state index contributed by atoms with van der Waals surface area (Å²) >= 11 is 1.32. The van der Waals surface area contributed by atoms with Gasteiger partial charge in [0.1, 0.15) is 10.8 Å². The molecule has 1 aromatic heterocycles. The molecule has 2 amide bonds. The summed E-state index contributed by atoms with van der Waals surface area (Å²) in [6, 6.07) is 11.8. The van der Waals surface area contributed by atoms with Crippen molar-refractivity contribution in [1.82, 2.24) is 5.43 Å². The zero-order valence-corrected chi connectivity index (χ0v) is 25.6. The summed E-state index contributed by atoms with van der Waals surface area (Å²) in [6.45, 7) is 12.3. The van der Waals surface area contributed by atoms with E-state index in [9.17, 15) is 14.4 Å². The summed E-state index contributed by atoms with van der Waals surface area (Å²) in [5.41, 5.74) is 4.70. The maximum atomic E-state index is 12.9. The molecule has 0 aliphatic carbocycles. The topological polar surface area (TPSA) is 125 Å². The third-order valence-electron chi connectivity index (χ3n) is 6.01. The molecule has 3 rings (SSSR count). The number of amides is 2. The summed E-state index contributed by atoms with van der Waals surface area (Å²) in [4.78, 5) is 38.7. The van der Waals surface area contributed by atoms with Crippen LogP contribution in [0.3, 0.4) is 0 Å². The number of benzene rings is 2. The minimum Gasteiger partial charge on any atom is -0.490 e. The van der Waals surface area contributed by atoms with Crippen molar-refractivity contribution in [2.24, 2.45) is 5.10 Å². The number of carbonyl (C=O) groups excluding carboxylic acids is 3. The van der Waals surface area contributed by atoms with Crippen LogP contribution in [0.4, 0.5) is 5.00 Å². The van der Waals surface area contributed by atoms with Crippen LogP contribution < -0.4 is 25.0 Å². The van der Waals surface area contributed by atoms with E-state index in [0.717, 1.165) is 22.4 Å². The molecule has 1 heterocycles. The molecular weight excluding hydrogens is 558 g/mol. The standard InChI is InChI=1S/C31H37N3O7S/c1-7-16-40-25-15-10-22(17-26(25)38-8-2)18-32-34-28(35)20(5)41-24-13-11-23(12-14-24)29(36)33-30-27(31(37)39-9-3)19(4)21(6)42-30/h10-15,17-18,20H,7-9,16H2,1-6H3,(H,33,36)(H,34,35). The van der Waals surface area contributed by atoms with Crippen LogP contribution in [0, 0.1) is 13.8 Å². The van der Waals surface area contributed by atoms with Gasteiger partial charge in [-0.2, -0.15) is 5.10 Å². The molecule has 0 radical (unpaired) electrons. The van der Waals surface area contributed by atoms with Crippen molar-refractivity contribution in [3.05, 3.63) is 69.6 Å². The van der Waals surface area contributed by atoms with Crippen LogP contribution in [0.15, 0.2) is 47.6 Å². The number of hydrogen-bond donors (Lipinski definition) is 2. The second kappa shape index (κ2) is 15.6. The molecule has 10 nitrogen and oxygen atoms in total. The van der Waals surface area contributed by atoms with Crippen LogP contribution in [0.1, 0.15) is 70.8 Å². The number of ether oxygens (including phenoxy) is 4. The first-order valence-electron chi connectivity index (χ1n) is 13.8. The third-order valence-corrected chi connectivity index (χ3v) is 7.13. The van der Waals surface area contributed by atoms with Gasteiger partial charge in [0.2, 0.25) is 0 Å². The van der Waals surface area contributed by atoms with Crippen LogP contribution in [-0.4, -0.2) is 49.9 Å². The number of nitrogens with one attached hydrogen (secondary N) is 2. The highest BCUT2D eigenvalue weighted by Gasteiger charge is 2.22. The number of nitrogens with zero attached hydrogens (tertiary/aromatic N) is 1. The van der Waals surface area contributed by atoms with Gasteiger partial charge in [0.05, 0.1) is 31.6 Å². The molecule has 1 atom stereocenters. The van der Waals surface area contributed by atoms with Gasteiger partial charge < -0.3 is 24.3 Å². The lowest BCUT2D eigenvalue weighted by Crippen LogP contribution is -2.33. The second-order valence-corrected chi connectivity index (χ2v) is 10.4. The molecule has 11 heteroatoms. The maximum absolute atomic E-state index is 12.9. The number of thiophene rings is 1. The Morgan fingerprint density at radius 1 is 0.976 bits per heavy atom. The van der Waals surface area contributed by atoms with Gasteiger partial charge in [0.15, 0.2) is 17.6 Å². The molecule has 0 aliphatic heterocycles. The number of rotatable bonds is 14. The quantitative estimate of drug-likeness (QED) is 0.135. The van der Waals surface area contributed by atoms with Gasteiger partial charge in [-0.1, -0.05) is 6.92 Å². The van der Waals surface area contributed by atoms with Gasteiger partial charge >= 0.3 is 5.97 Å². The summed E-state index contributed by atoms with van der Waals surface area (Å²) < 4.78 is 22.2. The monoisotopic (exact) mass is 595 g/mol. The van der Waals surface area contributed by atoms with E-state index in [1.807, 2.05) is 33.8 Å². The molecule has 0 bridgehead atoms. The Morgan fingerprint density at radius 3 is 2.38 bits per heavy atom. The zero-order chi connectivity index (χ0) is 30.6. The van der Waals surface area contributed by atoms with E-state index >= 15 is 0 Å². The van der Waals surface area contributed by atoms with Crippen molar-refractivity contribution in [2.75, 3.05) is 25.1 Å². The van der Waals surface area contributed by atoms with Crippen LogP contribution in [0.2, 0.25) is 0 Å². The van der Waals surface area contributed by atoms with Gasteiger partial charge in [0.25, 0.3) is 11.8 Å². The lowest BCUT2D eigenvalue weighted by molar-refractivity contribution is -0.127. The van der Waals surface area contributed by atoms with Crippen molar-refractivity contribution in [1.29, 1.82) is 0 Å². The van der Waals surface area contributed by atoms with Crippen LogP contribution >= 0.6 is 11.3 Å². The fourth-order valence-corrected chi connectivity index (χ4v) is 4.79. The molecule has 2 N–H and O–H groups in total. The van der Waals surface area contributed by atoms with Crippen LogP contribution in [0.5, 0.6) is 17.2 Å². The average molecular weight is 596 g/mol. The number of aryl methyl sites for hydroxylation is 1. The molecule has 0 saturated carbocycles. The first-order chi connectivity index (χ1) is 20.2. The molecule has 42 heavy (non-hydrogen) atoms. The molecule has 2 aromatic carbocycles. The van der Waals surface area contributed by atoms with Crippen molar-refractivity contribution >= 4 is 40.3 Å². The smallest absolute Gasteiger partial charge is 0.341 e. The van der Waals surface area contributed by atoms with E-state index in [1.54, 1.807) is 50.2 Å². The molecule has 0 fully saturated rings. The van der Waals surface area contributed by atoms with Gasteiger partial charge in [-0.3, -0.25) is 9.59 Å². The van der Waals surface area contributed by atoms with Gasteiger partial charge in [0, 0.05) is 10.4 Å². The molecule has 0 saturated heterocycles. The van der Waals surface area contributed by atoms with Gasteiger partial charge in [-0.15, -0.1) is 11.3 Å². The number of hydrazone groups is 1. The summed E-state index contributed by atoms with van der Waals surface area (Å²) in [6.07, 6.45) is 1.54. The Morgan fingerprint density at radius 2 is 1.71 bits per heavy atom. The number of carbonyl (C=O) groups is 3. The largest absolute Gasteiger partial charge is 0.490 e. The van der Waals surface area contributed by atoms with Crippen LogP contribution in [0.25, 0.3) is 0 Å². The average Bonchev–Trinajstić information content (AvgIpc) is 3.25. The highest BCUT2D eigenvalue weighted by atomic mass is 32.1. The normalized spacial score (nSPS) is 11.6. The van der Waals surface area contributed by atoms with E-state index in [2.05, 4.69) is 15.8 Å². The highest BCUT2D eigenvalue weighted by Crippen LogP contribution is 2.33. The maximum Gasteiger partial charge on any atom is 0.341 e. The highest BCUT2D eigenvalue weighted by molar-refractivity contribution is 7.16. The summed E-state index contributed by atoms with van der Waals surface area (Å²) in [5, 5.41) is 7.28. The fourth-order valence-electron chi connectivity index (χ4n) is 3.75. The van der Waals surface area contributed by atoms with Gasteiger partial charge in [-0.05, 0) is 94.6 Å². The van der Waals surface area contributed by atoms with Crippen molar-refractivity contribution < 1.29 is 33.3 Å². The molecule has 224 valence electrons. The summed E-state index contributed by atoms with van der Waals surface area (Å²) in [7, 11) is 0.